The predicted octanol–water partition coefficient (Wildman–Crippen LogP) is 4.35. The molecule has 3 nitrogen and oxygen atoms in total. The summed E-state index contributed by atoms with van der Waals surface area (Å²) >= 11 is 0. The Labute approximate surface area is 138 Å². The van der Waals surface area contributed by atoms with E-state index in [0.717, 1.165) is 19.3 Å². The average Bonchev–Trinajstić information content (AvgIpc) is 2.41. The van der Waals surface area contributed by atoms with Gasteiger partial charge in [0.15, 0.2) is 5.78 Å². The fourth-order valence-electron chi connectivity index (χ4n) is 2.82. The van der Waals surface area contributed by atoms with Crippen LogP contribution in [0.4, 0.5) is 4.39 Å². The number of ether oxygens (including phenoxy) is 1. The van der Waals surface area contributed by atoms with Crippen LogP contribution in [0.15, 0.2) is 18.2 Å². The zero-order chi connectivity index (χ0) is 17.0. The molecule has 1 aliphatic carbocycles. The van der Waals surface area contributed by atoms with Gasteiger partial charge >= 0.3 is 0 Å². The molecule has 0 aromatic heterocycles. The van der Waals surface area contributed by atoms with Gasteiger partial charge in [-0.1, -0.05) is 27.7 Å². The summed E-state index contributed by atoms with van der Waals surface area (Å²) in [6, 6.07) is 5.28. The van der Waals surface area contributed by atoms with Gasteiger partial charge in [0.1, 0.15) is 17.7 Å². The van der Waals surface area contributed by atoms with Crippen LogP contribution in [0, 0.1) is 11.7 Å². The number of hydrogen-bond acceptors (Lipinski definition) is 3. The van der Waals surface area contributed by atoms with Gasteiger partial charge in [-0.05, 0) is 37.3 Å². The Kier molecular flexibility index (Phi) is 6.17. The van der Waals surface area contributed by atoms with Crippen molar-refractivity contribution in [3.63, 3.8) is 0 Å². The SMILES string of the molecule is CC(C)CCC(=O)c1cc(F)cc(OC2CC(NC(C)C)C2)c1. The molecule has 128 valence electrons. The minimum atomic E-state index is -0.411. The lowest BCUT2D eigenvalue weighted by molar-refractivity contribution is 0.0807. The van der Waals surface area contributed by atoms with E-state index >= 15 is 0 Å². The van der Waals surface area contributed by atoms with Gasteiger partial charge in [-0.25, -0.2) is 4.39 Å². The maximum absolute atomic E-state index is 13.8. The number of nitrogens with one attached hydrogen (secondary N) is 1. The van der Waals surface area contributed by atoms with Crippen molar-refractivity contribution in [1.82, 2.24) is 5.32 Å². The molecule has 23 heavy (non-hydrogen) atoms. The van der Waals surface area contributed by atoms with E-state index in [1.165, 1.54) is 12.1 Å². The van der Waals surface area contributed by atoms with Crippen molar-refractivity contribution in [2.45, 2.75) is 71.6 Å². The third kappa shape index (κ3) is 5.61. The van der Waals surface area contributed by atoms with Crippen LogP contribution in [0.1, 0.15) is 63.7 Å². The van der Waals surface area contributed by atoms with Crippen molar-refractivity contribution < 1.29 is 13.9 Å². The lowest BCUT2D eigenvalue weighted by Crippen LogP contribution is -2.49. The first-order chi connectivity index (χ1) is 10.8. The van der Waals surface area contributed by atoms with E-state index < -0.39 is 5.82 Å². The molecule has 1 aromatic rings. The molecule has 0 heterocycles. The first-order valence-electron chi connectivity index (χ1n) is 8.60. The first kappa shape index (κ1) is 17.9. The standard InChI is InChI=1S/C19H28FNO2/c1-12(2)5-6-19(22)14-7-15(20)9-17(8-14)23-18-10-16(11-18)21-13(3)4/h7-9,12-13,16,18,21H,5-6,10-11H2,1-4H3. The highest BCUT2D eigenvalue weighted by Gasteiger charge is 2.31. The van der Waals surface area contributed by atoms with Crippen LogP contribution in [-0.4, -0.2) is 24.0 Å². The highest BCUT2D eigenvalue weighted by molar-refractivity contribution is 5.96. The number of hydrogen-bond donors (Lipinski definition) is 1. The second-order valence-corrected chi connectivity index (χ2v) is 7.26. The molecule has 1 saturated carbocycles. The summed E-state index contributed by atoms with van der Waals surface area (Å²) in [6.07, 6.45) is 3.21. The van der Waals surface area contributed by atoms with Crippen molar-refractivity contribution in [2.24, 2.45) is 5.92 Å². The van der Waals surface area contributed by atoms with Crippen LogP contribution in [0.25, 0.3) is 0 Å². The van der Waals surface area contributed by atoms with Crippen LogP contribution in [0.5, 0.6) is 5.75 Å². The summed E-state index contributed by atoms with van der Waals surface area (Å²) in [6.45, 7) is 8.39. The van der Waals surface area contributed by atoms with Gasteiger partial charge in [0, 0.05) is 30.1 Å². The summed E-state index contributed by atoms with van der Waals surface area (Å²) in [5, 5.41) is 3.46. The molecule has 0 saturated heterocycles. The number of carbonyl (C=O) groups is 1. The van der Waals surface area contributed by atoms with Crippen molar-refractivity contribution in [1.29, 1.82) is 0 Å². The van der Waals surface area contributed by atoms with E-state index in [1.54, 1.807) is 6.07 Å². The number of benzene rings is 1. The van der Waals surface area contributed by atoms with Crippen molar-refractivity contribution in [2.75, 3.05) is 0 Å². The van der Waals surface area contributed by atoms with Gasteiger partial charge < -0.3 is 10.1 Å². The van der Waals surface area contributed by atoms with Crippen LogP contribution >= 0.6 is 0 Å². The van der Waals surface area contributed by atoms with Gasteiger partial charge in [-0.2, -0.15) is 0 Å². The normalized spacial score (nSPS) is 20.7. The molecule has 1 aliphatic rings. The van der Waals surface area contributed by atoms with E-state index in [1.807, 2.05) is 0 Å². The molecule has 0 bridgehead atoms. The molecular weight excluding hydrogens is 293 g/mol. The van der Waals surface area contributed by atoms with Crippen molar-refractivity contribution in [3.05, 3.63) is 29.6 Å². The average molecular weight is 321 g/mol. The number of halogens is 1. The molecule has 0 amide bonds. The van der Waals surface area contributed by atoms with E-state index in [2.05, 4.69) is 33.0 Å². The van der Waals surface area contributed by atoms with Gasteiger partial charge in [0.2, 0.25) is 0 Å². The van der Waals surface area contributed by atoms with E-state index in [9.17, 15) is 9.18 Å². The Balaban J connectivity index is 1.92. The zero-order valence-electron chi connectivity index (χ0n) is 14.6. The number of rotatable bonds is 8. The molecule has 1 fully saturated rings. The van der Waals surface area contributed by atoms with Crippen molar-refractivity contribution >= 4 is 5.78 Å². The summed E-state index contributed by atoms with van der Waals surface area (Å²) in [7, 11) is 0. The summed E-state index contributed by atoms with van der Waals surface area (Å²) in [5.41, 5.74) is 0.414. The quantitative estimate of drug-likeness (QED) is 0.723. The Hall–Kier alpha value is -1.42. The van der Waals surface area contributed by atoms with Gasteiger partial charge in [-0.3, -0.25) is 4.79 Å². The third-order valence-electron chi connectivity index (χ3n) is 4.11. The summed E-state index contributed by atoms with van der Waals surface area (Å²) in [4.78, 5) is 12.2. The number of carbonyl (C=O) groups excluding carboxylic acids is 1. The Bertz CT molecular complexity index is 536. The molecule has 0 atom stereocenters. The zero-order valence-corrected chi connectivity index (χ0v) is 14.6. The monoisotopic (exact) mass is 321 g/mol. The van der Waals surface area contributed by atoms with Crippen LogP contribution in [0.2, 0.25) is 0 Å². The maximum Gasteiger partial charge on any atom is 0.163 e. The third-order valence-corrected chi connectivity index (χ3v) is 4.11. The van der Waals surface area contributed by atoms with Gasteiger partial charge in [0.25, 0.3) is 0 Å². The van der Waals surface area contributed by atoms with E-state index in [-0.39, 0.29) is 11.9 Å². The lowest BCUT2D eigenvalue weighted by atomic mass is 9.88. The molecule has 1 N–H and O–H groups in total. The number of Topliss-reactive ketones (excluding diaryl/α,β-unsaturated/α-hetero) is 1. The lowest BCUT2D eigenvalue weighted by Gasteiger charge is -2.37. The molecule has 2 rings (SSSR count). The largest absolute Gasteiger partial charge is 0.490 e. The molecule has 0 aliphatic heterocycles. The Morgan fingerprint density at radius 2 is 1.96 bits per heavy atom. The second-order valence-electron chi connectivity index (χ2n) is 7.26. The molecule has 0 spiro atoms. The predicted molar refractivity (Wildman–Crippen MR) is 90.5 cm³/mol. The number of ketones is 1. The molecule has 4 heteroatoms. The van der Waals surface area contributed by atoms with E-state index in [0.29, 0.717) is 35.7 Å². The second kappa shape index (κ2) is 7.91. The molecule has 1 aromatic carbocycles. The Morgan fingerprint density at radius 3 is 2.57 bits per heavy atom. The van der Waals surface area contributed by atoms with Crippen LogP contribution < -0.4 is 10.1 Å². The molecule has 0 radical (unpaired) electrons. The summed E-state index contributed by atoms with van der Waals surface area (Å²) < 4.78 is 19.6. The maximum atomic E-state index is 13.8. The molecule has 0 unspecified atom stereocenters. The van der Waals surface area contributed by atoms with Crippen LogP contribution in [0.3, 0.4) is 0 Å². The van der Waals surface area contributed by atoms with Crippen molar-refractivity contribution in [3.8, 4) is 5.75 Å². The topological polar surface area (TPSA) is 38.3 Å². The van der Waals surface area contributed by atoms with Gasteiger partial charge in [0.05, 0.1) is 0 Å². The fourth-order valence-corrected chi connectivity index (χ4v) is 2.82. The fraction of sp³-hybridized carbons (Fsp3) is 0.632. The minimum Gasteiger partial charge on any atom is -0.490 e. The minimum absolute atomic E-state index is 0.0176. The highest BCUT2D eigenvalue weighted by Crippen LogP contribution is 2.28. The molecular formula is C19H28FNO2. The Morgan fingerprint density at radius 1 is 1.26 bits per heavy atom. The highest BCUT2D eigenvalue weighted by atomic mass is 19.1. The summed E-state index contributed by atoms with van der Waals surface area (Å²) in [5.74, 6) is 0.497. The van der Waals surface area contributed by atoms with E-state index in [4.69, 9.17) is 4.74 Å². The van der Waals surface area contributed by atoms with Crippen LogP contribution in [-0.2, 0) is 0 Å². The smallest absolute Gasteiger partial charge is 0.163 e. The van der Waals surface area contributed by atoms with Gasteiger partial charge in [-0.15, -0.1) is 0 Å². The first-order valence-corrected chi connectivity index (χ1v) is 8.60.